The number of carbonyl (C=O) groups excluding carboxylic acids is 1. The maximum absolute atomic E-state index is 12.3. The Morgan fingerprint density at radius 3 is 2.62 bits per heavy atom. The molecule has 5 nitrogen and oxygen atoms in total. The van der Waals surface area contributed by atoms with Crippen LogP contribution in [0.5, 0.6) is 0 Å². The standard InChI is InChI=1S/C15H22N2O3S/c1-5-11(9-21-4)17(3)15(20)16-12-8-6-7-10(2)13(12)14(18)19/h6-8,11H,5,9H2,1-4H3,(H,16,20)(H,18,19). The summed E-state index contributed by atoms with van der Waals surface area (Å²) in [7, 11) is 1.73. The molecular formula is C15H22N2O3S. The molecule has 6 heteroatoms. The molecule has 116 valence electrons. The molecule has 0 heterocycles. The molecule has 0 radical (unpaired) electrons. The van der Waals surface area contributed by atoms with Gasteiger partial charge in [0, 0.05) is 18.8 Å². The normalized spacial score (nSPS) is 11.8. The highest BCUT2D eigenvalue weighted by Crippen LogP contribution is 2.20. The van der Waals surface area contributed by atoms with Crippen molar-refractivity contribution in [3.63, 3.8) is 0 Å². The molecule has 1 aromatic carbocycles. The third-order valence-corrected chi connectivity index (χ3v) is 4.14. The summed E-state index contributed by atoms with van der Waals surface area (Å²) in [5, 5.41) is 12.0. The third kappa shape index (κ3) is 4.39. The fourth-order valence-corrected chi connectivity index (χ4v) is 2.96. The largest absolute Gasteiger partial charge is 0.478 e. The van der Waals surface area contributed by atoms with E-state index in [-0.39, 0.29) is 17.6 Å². The van der Waals surface area contributed by atoms with Crippen molar-refractivity contribution in [2.75, 3.05) is 24.4 Å². The van der Waals surface area contributed by atoms with E-state index in [1.807, 2.05) is 13.2 Å². The third-order valence-electron chi connectivity index (χ3n) is 3.43. The molecule has 1 atom stereocenters. The minimum atomic E-state index is -1.04. The van der Waals surface area contributed by atoms with Gasteiger partial charge in [0.2, 0.25) is 0 Å². The van der Waals surface area contributed by atoms with Crippen LogP contribution in [0.15, 0.2) is 18.2 Å². The van der Waals surface area contributed by atoms with Gasteiger partial charge in [-0.3, -0.25) is 0 Å². The minimum Gasteiger partial charge on any atom is -0.478 e. The SMILES string of the molecule is CCC(CSC)N(C)C(=O)Nc1cccc(C)c1C(=O)O. The van der Waals surface area contributed by atoms with Crippen molar-refractivity contribution >= 4 is 29.4 Å². The highest BCUT2D eigenvalue weighted by molar-refractivity contribution is 7.98. The van der Waals surface area contributed by atoms with E-state index in [1.54, 1.807) is 48.8 Å². The molecule has 0 saturated carbocycles. The van der Waals surface area contributed by atoms with Crippen LogP contribution in [0.2, 0.25) is 0 Å². The van der Waals surface area contributed by atoms with Gasteiger partial charge in [0.25, 0.3) is 0 Å². The molecule has 0 saturated heterocycles. The first-order chi connectivity index (χ1) is 9.92. The van der Waals surface area contributed by atoms with Crippen molar-refractivity contribution in [2.45, 2.75) is 26.3 Å². The highest BCUT2D eigenvalue weighted by Gasteiger charge is 2.20. The molecular weight excluding hydrogens is 288 g/mol. The summed E-state index contributed by atoms with van der Waals surface area (Å²) in [6.07, 6.45) is 2.85. The average Bonchev–Trinajstić information content (AvgIpc) is 2.43. The Morgan fingerprint density at radius 1 is 1.43 bits per heavy atom. The first-order valence-electron chi connectivity index (χ1n) is 6.78. The number of nitrogens with zero attached hydrogens (tertiary/aromatic N) is 1. The number of rotatable bonds is 6. The number of carboxylic acid groups (broad SMARTS) is 1. The van der Waals surface area contributed by atoms with Crippen molar-refractivity contribution in [1.82, 2.24) is 4.90 Å². The van der Waals surface area contributed by atoms with Crippen LogP contribution in [0.1, 0.15) is 29.3 Å². The number of nitrogens with one attached hydrogen (secondary N) is 1. The number of amides is 2. The zero-order valence-electron chi connectivity index (χ0n) is 12.8. The van der Waals surface area contributed by atoms with Crippen molar-refractivity contribution in [3.8, 4) is 0 Å². The maximum atomic E-state index is 12.3. The van der Waals surface area contributed by atoms with E-state index in [1.165, 1.54) is 0 Å². The van der Waals surface area contributed by atoms with Crippen LogP contribution < -0.4 is 5.32 Å². The topological polar surface area (TPSA) is 69.6 Å². The molecule has 0 aliphatic heterocycles. The van der Waals surface area contributed by atoms with Gasteiger partial charge >= 0.3 is 12.0 Å². The molecule has 0 aliphatic rings. The number of thioether (sulfide) groups is 1. The van der Waals surface area contributed by atoms with Gasteiger partial charge in [0.15, 0.2) is 0 Å². The second kappa shape index (κ2) is 7.93. The number of hydrogen-bond acceptors (Lipinski definition) is 3. The second-order valence-electron chi connectivity index (χ2n) is 4.86. The number of hydrogen-bond donors (Lipinski definition) is 2. The summed E-state index contributed by atoms with van der Waals surface area (Å²) in [4.78, 5) is 25.2. The molecule has 0 aromatic heterocycles. The van der Waals surface area contributed by atoms with Crippen LogP contribution in [-0.2, 0) is 0 Å². The summed E-state index contributed by atoms with van der Waals surface area (Å²) >= 11 is 1.68. The van der Waals surface area contributed by atoms with E-state index < -0.39 is 5.97 Å². The lowest BCUT2D eigenvalue weighted by molar-refractivity contribution is 0.0697. The lowest BCUT2D eigenvalue weighted by Crippen LogP contribution is -2.41. The molecule has 21 heavy (non-hydrogen) atoms. The Hall–Kier alpha value is -1.69. The number of benzene rings is 1. The van der Waals surface area contributed by atoms with Gasteiger partial charge in [-0.05, 0) is 31.2 Å². The van der Waals surface area contributed by atoms with Gasteiger partial charge in [-0.1, -0.05) is 19.1 Å². The van der Waals surface area contributed by atoms with Crippen molar-refractivity contribution in [3.05, 3.63) is 29.3 Å². The predicted molar refractivity (Wildman–Crippen MR) is 87.4 cm³/mol. The molecule has 2 amide bonds. The van der Waals surface area contributed by atoms with E-state index in [2.05, 4.69) is 5.32 Å². The zero-order chi connectivity index (χ0) is 16.0. The molecule has 0 fully saturated rings. The van der Waals surface area contributed by atoms with E-state index in [4.69, 9.17) is 0 Å². The van der Waals surface area contributed by atoms with Crippen LogP contribution in [0.4, 0.5) is 10.5 Å². The summed E-state index contributed by atoms with van der Waals surface area (Å²) in [6.45, 7) is 3.74. The summed E-state index contributed by atoms with van der Waals surface area (Å²) in [6, 6.07) is 4.89. The van der Waals surface area contributed by atoms with E-state index in [0.29, 0.717) is 11.3 Å². The lowest BCUT2D eigenvalue weighted by atomic mass is 10.1. The molecule has 0 bridgehead atoms. The van der Waals surface area contributed by atoms with Gasteiger partial charge in [-0.15, -0.1) is 0 Å². The first-order valence-corrected chi connectivity index (χ1v) is 8.17. The number of carboxylic acids is 1. The van der Waals surface area contributed by atoms with Crippen molar-refractivity contribution in [2.24, 2.45) is 0 Å². The Bertz CT molecular complexity index is 520. The lowest BCUT2D eigenvalue weighted by Gasteiger charge is -2.27. The smallest absolute Gasteiger partial charge is 0.338 e. The Kier molecular flexibility index (Phi) is 6.55. The van der Waals surface area contributed by atoms with Crippen LogP contribution in [0, 0.1) is 6.92 Å². The Balaban J connectivity index is 2.93. The molecule has 0 spiro atoms. The fraction of sp³-hybridized carbons (Fsp3) is 0.467. The average molecular weight is 310 g/mol. The van der Waals surface area contributed by atoms with Gasteiger partial charge in [-0.2, -0.15) is 11.8 Å². The summed E-state index contributed by atoms with van der Waals surface area (Å²) in [5.74, 6) is -0.192. The van der Waals surface area contributed by atoms with Crippen LogP contribution >= 0.6 is 11.8 Å². The maximum Gasteiger partial charge on any atom is 0.338 e. The summed E-state index contributed by atoms with van der Waals surface area (Å²) < 4.78 is 0. The Morgan fingerprint density at radius 2 is 2.10 bits per heavy atom. The van der Waals surface area contributed by atoms with Gasteiger partial charge < -0.3 is 15.3 Å². The quantitative estimate of drug-likeness (QED) is 0.846. The molecule has 1 unspecified atom stereocenters. The van der Waals surface area contributed by atoms with Gasteiger partial charge in [0.1, 0.15) is 0 Å². The second-order valence-corrected chi connectivity index (χ2v) is 5.77. The van der Waals surface area contributed by atoms with Crippen molar-refractivity contribution < 1.29 is 14.7 Å². The van der Waals surface area contributed by atoms with Crippen LogP contribution in [-0.4, -0.2) is 47.1 Å². The van der Waals surface area contributed by atoms with Crippen LogP contribution in [0.25, 0.3) is 0 Å². The minimum absolute atomic E-state index is 0.123. The van der Waals surface area contributed by atoms with E-state index in [0.717, 1.165) is 12.2 Å². The number of aryl methyl sites for hydroxylation is 1. The van der Waals surface area contributed by atoms with Gasteiger partial charge in [0.05, 0.1) is 11.3 Å². The van der Waals surface area contributed by atoms with Gasteiger partial charge in [-0.25, -0.2) is 9.59 Å². The zero-order valence-corrected chi connectivity index (χ0v) is 13.7. The first kappa shape index (κ1) is 17.4. The number of anilines is 1. The molecule has 1 aromatic rings. The van der Waals surface area contributed by atoms with E-state index in [9.17, 15) is 14.7 Å². The summed E-state index contributed by atoms with van der Waals surface area (Å²) in [5.41, 5.74) is 1.09. The number of aromatic carboxylic acids is 1. The monoisotopic (exact) mass is 310 g/mol. The van der Waals surface area contributed by atoms with Crippen LogP contribution in [0.3, 0.4) is 0 Å². The fourth-order valence-electron chi connectivity index (χ4n) is 2.12. The number of carbonyl (C=O) groups is 2. The Labute approximate surface area is 129 Å². The molecule has 2 N–H and O–H groups in total. The predicted octanol–water partition coefficient (Wildman–Crippen LogP) is 3.30. The molecule has 1 rings (SSSR count). The van der Waals surface area contributed by atoms with Crippen molar-refractivity contribution in [1.29, 1.82) is 0 Å². The van der Waals surface area contributed by atoms with E-state index >= 15 is 0 Å². The highest BCUT2D eigenvalue weighted by atomic mass is 32.2. The number of urea groups is 1. The molecule has 0 aliphatic carbocycles.